The Kier molecular flexibility index (Phi) is 3.97. The topological polar surface area (TPSA) is 60.2 Å². The van der Waals surface area contributed by atoms with E-state index in [9.17, 15) is 12.8 Å². The van der Waals surface area contributed by atoms with Crippen LogP contribution in [-0.4, -0.2) is 8.42 Å². The normalized spacial score (nSPS) is 11.5. The lowest BCUT2D eigenvalue weighted by molar-refractivity contribution is 0.594. The summed E-state index contributed by atoms with van der Waals surface area (Å²) in [7, 11) is -3.44. The van der Waals surface area contributed by atoms with E-state index in [1.54, 1.807) is 30.3 Å². The highest BCUT2D eigenvalue weighted by Crippen LogP contribution is 2.19. The van der Waals surface area contributed by atoms with Gasteiger partial charge in [-0.05, 0) is 35.4 Å². The van der Waals surface area contributed by atoms with Crippen LogP contribution in [0.25, 0.3) is 0 Å². The lowest BCUT2D eigenvalue weighted by Crippen LogP contribution is -2.09. The molecule has 0 aliphatic heterocycles. The fourth-order valence-corrected chi connectivity index (χ4v) is 3.27. The Hall–Kier alpha value is -1.72. The highest BCUT2D eigenvalue weighted by Gasteiger charge is 2.16. The fraction of sp³-hybridized carbons (Fsp3) is 0.143. The number of rotatable bonds is 4. The second-order valence-corrected chi connectivity index (χ2v) is 6.18. The summed E-state index contributed by atoms with van der Waals surface area (Å²) in [5.41, 5.74) is 6.56. The van der Waals surface area contributed by atoms with Gasteiger partial charge in [0.15, 0.2) is 9.84 Å². The second kappa shape index (κ2) is 5.50. The maximum absolute atomic E-state index is 13.1. The van der Waals surface area contributed by atoms with Crippen molar-refractivity contribution in [3.8, 4) is 0 Å². The van der Waals surface area contributed by atoms with Gasteiger partial charge in [0.25, 0.3) is 0 Å². The molecule has 2 rings (SSSR count). The molecule has 2 aromatic rings. The van der Waals surface area contributed by atoms with Gasteiger partial charge in [-0.25, -0.2) is 12.8 Å². The van der Waals surface area contributed by atoms with Crippen molar-refractivity contribution in [1.29, 1.82) is 0 Å². The Morgan fingerprint density at radius 3 is 2.32 bits per heavy atom. The number of benzene rings is 2. The van der Waals surface area contributed by atoms with Gasteiger partial charge in [0.05, 0.1) is 10.6 Å². The van der Waals surface area contributed by atoms with E-state index in [0.29, 0.717) is 11.1 Å². The van der Waals surface area contributed by atoms with Crippen molar-refractivity contribution in [3.05, 3.63) is 65.5 Å². The van der Waals surface area contributed by atoms with Crippen molar-refractivity contribution in [2.75, 3.05) is 0 Å². The van der Waals surface area contributed by atoms with Crippen molar-refractivity contribution >= 4 is 9.84 Å². The van der Waals surface area contributed by atoms with Crippen molar-refractivity contribution in [3.63, 3.8) is 0 Å². The molecule has 2 aromatic carbocycles. The first kappa shape index (κ1) is 13.7. The Labute approximate surface area is 111 Å². The van der Waals surface area contributed by atoms with Crippen molar-refractivity contribution in [1.82, 2.24) is 0 Å². The van der Waals surface area contributed by atoms with E-state index in [4.69, 9.17) is 5.73 Å². The minimum atomic E-state index is -3.44. The minimum Gasteiger partial charge on any atom is -0.326 e. The molecule has 100 valence electrons. The third-order valence-electron chi connectivity index (χ3n) is 2.84. The predicted octanol–water partition coefficient (Wildman–Crippen LogP) is 2.26. The smallest absolute Gasteiger partial charge is 0.182 e. The van der Waals surface area contributed by atoms with E-state index in [1.807, 2.05) is 0 Å². The third-order valence-corrected chi connectivity index (χ3v) is 4.52. The third kappa shape index (κ3) is 3.19. The zero-order chi connectivity index (χ0) is 13.9. The van der Waals surface area contributed by atoms with Gasteiger partial charge in [0, 0.05) is 6.54 Å². The zero-order valence-electron chi connectivity index (χ0n) is 10.2. The van der Waals surface area contributed by atoms with Gasteiger partial charge in [-0.2, -0.15) is 0 Å². The van der Waals surface area contributed by atoms with Crippen LogP contribution in [0.4, 0.5) is 4.39 Å². The van der Waals surface area contributed by atoms with Gasteiger partial charge in [-0.15, -0.1) is 0 Å². The standard InChI is InChI=1S/C14H14FNO2S/c15-13-7-6-11(12(8-13)9-16)10-19(17,18)14-4-2-1-3-5-14/h1-8H,9-10,16H2. The molecule has 3 nitrogen and oxygen atoms in total. The average Bonchev–Trinajstić information content (AvgIpc) is 2.41. The van der Waals surface area contributed by atoms with Gasteiger partial charge in [-0.3, -0.25) is 0 Å². The van der Waals surface area contributed by atoms with E-state index in [1.165, 1.54) is 18.2 Å². The number of hydrogen-bond acceptors (Lipinski definition) is 3. The van der Waals surface area contributed by atoms with Crippen LogP contribution in [0, 0.1) is 5.82 Å². The fourth-order valence-electron chi connectivity index (χ4n) is 1.84. The molecule has 0 spiro atoms. The van der Waals surface area contributed by atoms with Crippen LogP contribution >= 0.6 is 0 Å². The summed E-state index contributed by atoms with van der Waals surface area (Å²) in [4.78, 5) is 0.252. The number of nitrogens with two attached hydrogens (primary N) is 1. The van der Waals surface area contributed by atoms with Crippen LogP contribution in [0.5, 0.6) is 0 Å². The summed E-state index contributed by atoms with van der Waals surface area (Å²) in [6.07, 6.45) is 0. The molecular formula is C14H14FNO2S. The Bertz CT molecular complexity index is 669. The Balaban J connectivity index is 2.36. The van der Waals surface area contributed by atoms with Crippen LogP contribution in [0.15, 0.2) is 53.4 Å². The molecule has 0 heterocycles. The predicted molar refractivity (Wildman–Crippen MR) is 71.6 cm³/mol. The number of halogens is 1. The molecule has 0 bridgehead atoms. The molecule has 0 aliphatic rings. The Morgan fingerprint density at radius 1 is 1.00 bits per heavy atom. The average molecular weight is 279 g/mol. The van der Waals surface area contributed by atoms with Crippen LogP contribution < -0.4 is 5.73 Å². The number of sulfone groups is 1. The Morgan fingerprint density at radius 2 is 1.68 bits per heavy atom. The summed E-state index contributed by atoms with van der Waals surface area (Å²) >= 11 is 0. The first-order valence-corrected chi connectivity index (χ1v) is 7.43. The van der Waals surface area contributed by atoms with Crippen LogP contribution in [0.1, 0.15) is 11.1 Å². The number of hydrogen-bond donors (Lipinski definition) is 1. The molecule has 0 aliphatic carbocycles. The van der Waals surface area contributed by atoms with E-state index in [-0.39, 0.29) is 17.2 Å². The highest BCUT2D eigenvalue weighted by atomic mass is 32.2. The highest BCUT2D eigenvalue weighted by molar-refractivity contribution is 7.90. The minimum absolute atomic E-state index is 0.109. The second-order valence-electron chi connectivity index (χ2n) is 4.19. The molecule has 5 heteroatoms. The SMILES string of the molecule is NCc1cc(F)ccc1CS(=O)(=O)c1ccccc1. The maximum atomic E-state index is 13.1. The first-order chi connectivity index (χ1) is 9.03. The van der Waals surface area contributed by atoms with E-state index < -0.39 is 15.7 Å². The molecule has 0 saturated carbocycles. The zero-order valence-corrected chi connectivity index (χ0v) is 11.0. The summed E-state index contributed by atoms with van der Waals surface area (Å²) < 4.78 is 37.5. The quantitative estimate of drug-likeness (QED) is 0.934. The van der Waals surface area contributed by atoms with E-state index in [0.717, 1.165) is 0 Å². The van der Waals surface area contributed by atoms with Gasteiger partial charge in [-0.1, -0.05) is 24.3 Å². The van der Waals surface area contributed by atoms with E-state index in [2.05, 4.69) is 0 Å². The van der Waals surface area contributed by atoms with Crippen molar-refractivity contribution in [2.24, 2.45) is 5.73 Å². The molecule has 19 heavy (non-hydrogen) atoms. The molecule has 0 amide bonds. The molecule has 0 saturated heterocycles. The van der Waals surface area contributed by atoms with Gasteiger partial charge in [0.1, 0.15) is 5.82 Å². The molecule has 0 radical (unpaired) electrons. The molecule has 2 N–H and O–H groups in total. The van der Waals surface area contributed by atoms with Gasteiger partial charge < -0.3 is 5.73 Å². The van der Waals surface area contributed by atoms with Gasteiger partial charge in [0.2, 0.25) is 0 Å². The van der Waals surface area contributed by atoms with Crippen LogP contribution in [0.2, 0.25) is 0 Å². The van der Waals surface area contributed by atoms with Crippen LogP contribution in [-0.2, 0) is 22.1 Å². The summed E-state index contributed by atoms with van der Waals surface area (Å²) in [6.45, 7) is 0.109. The van der Waals surface area contributed by atoms with Gasteiger partial charge >= 0.3 is 0 Å². The molecule has 0 fully saturated rings. The lowest BCUT2D eigenvalue weighted by Gasteiger charge is -2.09. The summed E-state index contributed by atoms with van der Waals surface area (Å²) in [6, 6.07) is 12.2. The van der Waals surface area contributed by atoms with Crippen LogP contribution in [0.3, 0.4) is 0 Å². The monoisotopic (exact) mass is 279 g/mol. The first-order valence-electron chi connectivity index (χ1n) is 5.78. The molecule has 0 unspecified atom stereocenters. The lowest BCUT2D eigenvalue weighted by atomic mass is 10.1. The molecule has 0 aromatic heterocycles. The summed E-state index contributed by atoms with van der Waals surface area (Å²) in [5.74, 6) is -0.592. The molecule has 0 atom stereocenters. The van der Waals surface area contributed by atoms with Crippen molar-refractivity contribution in [2.45, 2.75) is 17.2 Å². The maximum Gasteiger partial charge on any atom is 0.182 e. The largest absolute Gasteiger partial charge is 0.326 e. The summed E-state index contributed by atoms with van der Waals surface area (Å²) in [5, 5.41) is 0. The van der Waals surface area contributed by atoms with E-state index >= 15 is 0 Å². The molecular weight excluding hydrogens is 265 g/mol. The van der Waals surface area contributed by atoms with Crippen molar-refractivity contribution < 1.29 is 12.8 Å².